The molecule has 4 nitrogen and oxygen atoms in total. The van der Waals surface area contributed by atoms with Crippen LogP contribution < -0.4 is 5.32 Å². The number of nitrogens with one attached hydrogen (secondary N) is 1. The van der Waals surface area contributed by atoms with E-state index in [1.165, 1.54) is 35.2 Å². The lowest BCUT2D eigenvalue weighted by atomic mass is 9.87. The van der Waals surface area contributed by atoms with Crippen LogP contribution in [0.25, 0.3) is 11.1 Å². The molecule has 3 atom stereocenters. The Balaban J connectivity index is 1.07. The average Bonchev–Trinajstić information content (AvgIpc) is 3.48. The third-order valence-electron chi connectivity index (χ3n) is 7.56. The molecule has 3 unspecified atom stereocenters. The topological polar surface area (TPSA) is 41.6 Å². The first-order valence-corrected chi connectivity index (χ1v) is 12.2. The predicted molar refractivity (Wildman–Crippen MR) is 130 cm³/mol. The van der Waals surface area contributed by atoms with Gasteiger partial charge in [0.25, 0.3) is 5.91 Å². The Morgan fingerprint density at radius 3 is 2.47 bits per heavy atom. The summed E-state index contributed by atoms with van der Waals surface area (Å²) in [6.45, 7) is 2.94. The van der Waals surface area contributed by atoms with Crippen molar-refractivity contribution in [2.45, 2.75) is 50.4 Å². The van der Waals surface area contributed by atoms with Crippen LogP contribution in [-0.2, 0) is 24.1 Å². The van der Waals surface area contributed by atoms with Crippen LogP contribution >= 0.6 is 0 Å². The molecule has 0 saturated carbocycles. The van der Waals surface area contributed by atoms with Gasteiger partial charge in [-0.25, -0.2) is 4.39 Å². The normalized spacial score (nSPS) is 23.6. The van der Waals surface area contributed by atoms with E-state index in [0.29, 0.717) is 17.7 Å². The number of carbonyl (C=O) groups is 1. The summed E-state index contributed by atoms with van der Waals surface area (Å²) in [6.07, 6.45) is 4.44. The third-order valence-corrected chi connectivity index (χ3v) is 7.56. The highest BCUT2D eigenvalue weighted by Gasteiger charge is 2.38. The van der Waals surface area contributed by atoms with Gasteiger partial charge < -0.3 is 10.1 Å². The molecule has 0 spiro atoms. The van der Waals surface area contributed by atoms with E-state index in [4.69, 9.17) is 4.74 Å². The van der Waals surface area contributed by atoms with Gasteiger partial charge in [-0.2, -0.15) is 0 Å². The molecule has 2 heterocycles. The molecule has 2 aliphatic heterocycles. The van der Waals surface area contributed by atoms with E-state index in [1.807, 2.05) is 24.3 Å². The molecule has 2 fully saturated rings. The third kappa shape index (κ3) is 4.38. The number of hydrogen-bond donors (Lipinski definition) is 1. The number of amides is 1. The van der Waals surface area contributed by atoms with E-state index >= 15 is 0 Å². The number of nitrogens with zero attached hydrogens (tertiary/aromatic N) is 1. The standard InChI is InChI=1S/C29H29FN2O2/c30-25-10-7-21(8-11-25)20-3-5-22(6-4-20)29(33)31-26-12-9-23-13-19(1-2-24(23)14-26)16-32-17-28-15-27(32)18-34-28/h1-8,10-11,13,26-28H,9,12,14-18H2,(H,31,33). The van der Waals surface area contributed by atoms with Crippen LogP contribution in [0.4, 0.5) is 4.39 Å². The largest absolute Gasteiger partial charge is 0.375 e. The Morgan fingerprint density at radius 1 is 1.00 bits per heavy atom. The molecular weight excluding hydrogens is 427 g/mol. The lowest BCUT2D eigenvalue weighted by molar-refractivity contribution is 0.0273. The number of likely N-dealkylation sites (tertiary alicyclic amines) is 1. The van der Waals surface area contributed by atoms with Gasteiger partial charge in [-0.1, -0.05) is 42.5 Å². The van der Waals surface area contributed by atoms with Gasteiger partial charge in [0.05, 0.1) is 12.7 Å². The molecule has 2 bridgehead atoms. The first-order valence-electron chi connectivity index (χ1n) is 12.2. The molecule has 174 valence electrons. The van der Waals surface area contributed by atoms with Gasteiger partial charge in [0.2, 0.25) is 0 Å². The van der Waals surface area contributed by atoms with Crippen molar-refractivity contribution >= 4 is 5.91 Å². The Labute approximate surface area is 199 Å². The molecule has 1 aliphatic carbocycles. The fourth-order valence-corrected chi connectivity index (χ4v) is 5.66. The maximum atomic E-state index is 13.2. The van der Waals surface area contributed by atoms with Crippen molar-refractivity contribution in [3.8, 4) is 11.1 Å². The smallest absolute Gasteiger partial charge is 0.251 e. The number of rotatable bonds is 5. The number of benzene rings is 3. The lowest BCUT2D eigenvalue weighted by Crippen LogP contribution is -2.39. The van der Waals surface area contributed by atoms with Gasteiger partial charge in [0.1, 0.15) is 5.82 Å². The number of carbonyl (C=O) groups excluding carboxylic acids is 1. The highest BCUT2D eigenvalue weighted by molar-refractivity contribution is 5.94. The van der Waals surface area contributed by atoms with Crippen molar-refractivity contribution in [2.75, 3.05) is 13.2 Å². The molecule has 1 N–H and O–H groups in total. The van der Waals surface area contributed by atoms with E-state index < -0.39 is 0 Å². The summed E-state index contributed by atoms with van der Waals surface area (Å²) in [6, 6.07) is 21.5. The van der Waals surface area contributed by atoms with Gasteiger partial charge in [-0.05, 0) is 77.8 Å². The quantitative estimate of drug-likeness (QED) is 0.602. The molecule has 3 aliphatic rings. The molecule has 34 heavy (non-hydrogen) atoms. The summed E-state index contributed by atoms with van der Waals surface area (Å²) in [4.78, 5) is 15.4. The van der Waals surface area contributed by atoms with Crippen molar-refractivity contribution in [1.29, 1.82) is 0 Å². The maximum Gasteiger partial charge on any atom is 0.251 e. The van der Waals surface area contributed by atoms with Crippen LogP contribution in [0.5, 0.6) is 0 Å². The molecule has 6 rings (SSSR count). The summed E-state index contributed by atoms with van der Waals surface area (Å²) in [7, 11) is 0. The summed E-state index contributed by atoms with van der Waals surface area (Å²) in [5.74, 6) is -0.291. The highest BCUT2D eigenvalue weighted by atomic mass is 19.1. The maximum absolute atomic E-state index is 13.2. The van der Waals surface area contributed by atoms with E-state index in [1.54, 1.807) is 12.1 Å². The van der Waals surface area contributed by atoms with Crippen molar-refractivity contribution in [3.63, 3.8) is 0 Å². The Morgan fingerprint density at radius 2 is 1.76 bits per heavy atom. The zero-order valence-electron chi connectivity index (χ0n) is 19.2. The van der Waals surface area contributed by atoms with Crippen molar-refractivity contribution in [2.24, 2.45) is 0 Å². The van der Waals surface area contributed by atoms with Crippen LogP contribution in [-0.4, -0.2) is 42.1 Å². The van der Waals surface area contributed by atoms with Gasteiger partial charge in [0.15, 0.2) is 0 Å². The van der Waals surface area contributed by atoms with Gasteiger partial charge >= 0.3 is 0 Å². The zero-order valence-corrected chi connectivity index (χ0v) is 19.2. The van der Waals surface area contributed by atoms with E-state index in [-0.39, 0.29) is 17.8 Å². The van der Waals surface area contributed by atoms with E-state index in [0.717, 1.165) is 50.1 Å². The van der Waals surface area contributed by atoms with Gasteiger partial charge in [0, 0.05) is 30.7 Å². The van der Waals surface area contributed by atoms with Crippen molar-refractivity contribution < 1.29 is 13.9 Å². The van der Waals surface area contributed by atoms with Crippen molar-refractivity contribution in [3.05, 3.63) is 94.8 Å². The van der Waals surface area contributed by atoms with Gasteiger partial charge in [-0.3, -0.25) is 9.69 Å². The predicted octanol–water partition coefficient (Wildman–Crippen LogP) is 4.75. The summed E-state index contributed by atoms with van der Waals surface area (Å²) >= 11 is 0. The fraction of sp³-hybridized carbons (Fsp3) is 0.345. The number of halogens is 1. The molecule has 5 heteroatoms. The van der Waals surface area contributed by atoms with E-state index in [9.17, 15) is 9.18 Å². The zero-order chi connectivity index (χ0) is 23.1. The Bertz CT molecular complexity index is 1190. The van der Waals surface area contributed by atoms with E-state index in [2.05, 4.69) is 28.4 Å². The monoisotopic (exact) mass is 456 g/mol. The fourth-order valence-electron chi connectivity index (χ4n) is 5.66. The molecule has 1 amide bonds. The summed E-state index contributed by atoms with van der Waals surface area (Å²) in [5, 5.41) is 3.22. The van der Waals surface area contributed by atoms with Crippen LogP contribution in [0.1, 0.15) is 39.9 Å². The summed E-state index contributed by atoms with van der Waals surface area (Å²) < 4.78 is 18.9. The number of fused-ring (bicyclic) bond motifs is 3. The van der Waals surface area contributed by atoms with Crippen LogP contribution in [0.2, 0.25) is 0 Å². The van der Waals surface area contributed by atoms with Crippen LogP contribution in [0.15, 0.2) is 66.7 Å². The molecule has 3 aromatic carbocycles. The van der Waals surface area contributed by atoms with Gasteiger partial charge in [-0.15, -0.1) is 0 Å². The number of ether oxygens (including phenoxy) is 1. The number of morpholine rings is 1. The second-order valence-corrected chi connectivity index (χ2v) is 9.87. The number of aryl methyl sites for hydroxylation is 1. The number of hydrogen-bond acceptors (Lipinski definition) is 3. The minimum absolute atomic E-state index is 0.0398. The Hall–Kier alpha value is -3.02. The first-order chi connectivity index (χ1) is 16.6. The second kappa shape index (κ2) is 8.97. The van der Waals surface area contributed by atoms with Crippen LogP contribution in [0.3, 0.4) is 0 Å². The molecule has 0 radical (unpaired) electrons. The molecule has 3 aromatic rings. The van der Waals surface area contributed by atoms with Crippen molar-refractivity contribution in [1.82, 2.24) is 10.2 Å². The SMILES string of the molecule is O=C(NC1CCc2cc(CN3CC4CC3CO4)ccc2C1)c1ccc(-c2ccc(F)cc2)cc1. The van der Waals surface area contributed by atoms with Crippen LogP contribution in [0, 0.1) is 5.82 Å². The average molecular weight is 457 g/mol. The highest BCUT2D eigenvalue weighted by Crippen LogP contribution is 2.30. The second-order valence-electron chi connectivity index (χ2n) is 9.87. The first kappa shape index (κ1) is 21.5. The lowest BCUT2D eigenvalue weighted by Gasteiger charge is -2.28. The molecule has 2 saturated heterocycles. The minimum atomic E-state index is -0.251. The molecular formula is C29H29FN2O2. The Kier molecular flexibility index (Phi) is 5.67. The molecule has 0 aromatic heterocycles. The minimum Gasteiger partial charge on any atom is -0.375 e. The summed E-state index contributed by atoms with van der Waals surface area (Å²) in [5.41, 5.74) is 6.70.